The molecule has 1 aliphatic carbocycles. The predicted molar refractivity (Wildman–Crippen MR) is 164 cm³/mol. The lowest BCUT2D eigenvalue weighted by molar-refractivity contribution is -0.147. The fourth-order valence-corrected chi connectivity index (χ4v) is 7.03. The molecule has 0 bridgehead atoms. The Morgan fingerprint density at radius 1 is 0.976 bits per heavy atom. The Kier molecular flexibility index (Phi) is 10.4. The fourth-order valence-electron chi connectivity index (χ4n) is 6.90. The summed E-state index contributed by atoms with van der Waals surface area (Å²) in [5, 5.41) is 7.04. The van der Waals surface area contributed by atoms with Gasteiger partial charge in [0.2, 0.25) is 17.7 Å². The fraction of sp³-hybridized carbons (Fsp3) is 0.719. The van der Waals surface area contributed by atoms with E-state index in [0.717, 1.165) is 44.3 Å². The van der Waals surface area contributed by atoms with Gasteiger partial charge in [-0.15, -0.1) is 0 Å². The van der Waals surface area contributed by atoms with Gasteiger partial charge < -0.3 is 20.4 Å². The zero-order valence-electron chi connectivity index (χ0n) is 25.7. The van der Waals surface area contributed by atoms with Crippen molar-refractivity contribution in [2.24, 2.45) is 11.3 Å². The largest absolute Gasteiger partial charge is 0.351 e. The van der Waals surface area contributed by atoms with Crippen LogP contribution in [0.4, 0.5) is 0 Å². The first kappa shape index (κ1) is 31.8. The lowest BCUT2D eigenvalue weighted by atomic mass is 9.63. The number of nitrogens with one attached hydrogen (secondary N) is 2. The van der Waals surface area contributed by atoms with Crippen molar-refractivity contribution in [2.45, 2.75) is 89.8 Å². The van der Waals surface area contributed by atoms with E-state index in [9.17, 15) is 14.4 Å². The number of rotatable bonds is 7. The minimum absolute atomic E-state index is 0.0754. The Balaban J connectivity index is 1.51. The van der Waals surface area contributed by atoms with E-state index in [1.54, 1.807) is 0 Å². The average molecular weight is 588 g/mol. The van der Waals surface area contributed by atoms with Crippen LogP contribution in [0.1, 0.15) is 71.3 Å². The van der Waals surface area contributed by atoms with Crippen LogP contribution in [0.15, 0.2) is 24.3 Å². The number of piperidine rings is 1. The maximum absolute atomic E-state index is 14.1. The van der Waals surface area contributed by atoms with Gasteiger partial charge in [0.15, 0.2) is 0 Å². The summed E-state index contributed by atoms with van der Waals surface area (Å²) in [5.41, 5.74) is 0.190. The zero-order chi connectivity index (χ0) is 29.8. The van der Waals surface area contributed by atoms with Crippen LogP contribution in [0.5, 0.6) is 0 Å². The molecule has 1 saturated carbocycles. The molecule has 3 aliphatic rings. The van der Waals surface area contributed by atoms with Gasteiger partial charge in [-0.25, -0.2) is 0 Å². The molecule has 9 heteroatoms. The van der Waals surface area contributed by atoms with Gasteiger partial charge in [0.1, 0.15) is 12.1 Å². The monoisotopic (exact) mass is 587 g/mol. The SMILES string of the molecule is CN1CCN(C)[C@H](C(=O)N[C@H](Cc2ccc(Cl)cc2)C(=O)N2CCC(C(=O)NC(C)(C)C)(C3CCCCC3)CC2)C1. The van der Waals surface area contributed by atoms with Crippen LogP contribution in [-0.4, -0.2) is 96.9 Å². The van der Waals surface area contributed by atoms with Gasteiger partial charge in [0.25, 0.3) is 0 Å². The summed E-state index contributed by atoms with van der Waals surface area (Å²) >= 11 is 6.12. The molecular weight excluding hydrogens is 538 g/mol. The lowest BCUT2D eigenvalue weighted by Gasteiger charge is -2.48. The van der Waals surface area contributed by atoms with Crippen molar-refractivity contribution in [3.8, 4) is 0 Å². The molecule has 2 heterocycles. The first-order valence-electron chi connectivity index (χ1n) is 15.4. The topological polar surface area (TPSA) is 85.0 Å². The van der Waals surface area contributed by atoms with Gasteiger partial charge in [-0.05, 0) is 84.2 Å². The zero-order valence-corrected chi connectivity index (χ0v) is 26.4. The molecule has 2 N–H and O–H groups in total. The first-order valence-corrected chi connectivity index (χ1v) is 15.8. The van der Waals surface area contributed by atoms with Gasteiger partial charge >= 0.3 is 0 Å². The number of carbonyl (C=O) groups excluding carboxylic acids is 3. The Labute approximate surface area is 251 Å². The van der Waals surface area contributed by atoms with Crippen molar-refractivity contribution in [2.75, 3.05) is 46.8 Å². The van der Waals surface area contributed by atoms with Crippen molar-refractivity contribution in [3.05, 3.63) is 34.9 Å². The second-order valence-corrected chi connectivity index (χ2v) is 14.1. The van der Waals surface area contributed by atoms with E-state index in [1.165, 1.54) is 6.42 Å². The highest BCUT2D eigenvalue weighted by Crippen LogP contribution is 2.46. The molecule has 3 fully saturated rings. The Morgan fingerprint density at radius 2 is 1.61 bits per heavy atom. The summed E-state index contributed by atoms with van der Waals surface area (Å²) in [6.45, 7) is 9.47. The number of amides is 3. The molecule has 2 atom stereocenters. The highest BCUT2D eigenvalue weighted by atomic mass is 35.5. The second-order valence-electron chi connectivity index (χ2n) is 13.7. The average Bonchev–Trinajstić information content (AvgIpc) is 2.94. The van der Waals surface area contributed by atoms with Crippen molar-refractivity contribution >= 4 is 29.3 Å². The van der Waals surface area contributed by atoms with Crippen LogP contribution in [-0.2, 0) is 20.8 Å². The number of hydrogen-bond acceptors (Lipinski definition) is 5. The van der Waals surface area contributed by atoms with Crippen molar-refractivity contribution in [1.29, 1.82) is 0 Å². The third-order valence-corrected chi connectivity index (χ3v) is 9.67. The van der Waals surface area contributed by atoms with Crippen LogP contribution in [0.25, 0.3) is 0 Å². The number of likely N-dealkylation sites (tertiary alicyclic amines) is 1. The van der Waals surface area contributed by atoms with E-state index in [1.807, 2.05) is 64.0 Å². The Hall–Kier alpha value is -2.16. The second kappa shape index (κ2) is 13.4. The third-order valence-electron chi connectivity index (χ3n) is 9.42. The number of nitrogens with zero attached hydrogens (tertiary/aromatic N) is 3. The van der Waals surface area contributed by atoms with E-state index in [2.05, 4.69) is 20.4 Å². The number of benzene rings is 1. The van der Waals surface area contributed by atoms with E-state index in [0.29, 0.717) is 49.8 Å². The summed E-state index contributed by atoms with van der Waals surface area (Å²) in [6.07, 6.45) is 7.41. The quantitative estimate of drug-likeness (QED) is 0.508. The first-order chi connectivity index (χ1) is 19.4. The molecule has 4 rings (SSSR count). The van der Waals surface area contributed by atoms with Crippen molar-refractivity contribution in [3.63, 3.8) is 0 Å². The van der Waals surface area contributed by atoms with Crippen LogP contribution in [0.2, 0.25) is 5.02 Å². The van der Waals surface area contributed by atoms with Crippen LogP contribution in [0.3, 0.4) is 0 Å². The minimum Gasteiger partial charge on any atom is -0.351 e. The molecule has 2 aliphatic heterocycles. The molecule has 0 radical (unpaired) electrons. The number of halogens is 1. The molecule has 0 spiro atoms. The standard InChI is InChI=1S/C32H50ClN5O3/c1-31(2,3)35-30(41)32(24-9-7-6-8-10-24)15-17-38(18-16-32)29(40)26(21-23-11-13-25(33)14-12-23)34-28(39)27-22-36(4)19-20-37(27)5/h11-14,24,26-27H,6-10,15-22H2,1-5H3,(H,34,39)(H,35,41)/t26-,27+/m1/s1. The van der Waals surface area contributed by atoms with Crippen LogP contribution < -0.4 is 10.6 Å². The molecule has 3 amide bonds. The summed E-state index contributed by atoms with van der Waals surface area (Å²) in [4.78, 5) is 47.5. The summed E-state index contributed by atoms with van der Waals surface area (Å²) in [7, 11) is 3.98. The number of piperazine rings is 1. The molecule has 0 unspecified atom stereocenters. The third kappa shape index (κ3) is 8.02. The molecule has 41 heavy (non-hydrogen) atoms. The molecular formula is C32H50ClN5O3. The molecule has 228 valence electrons. The Morgan fingerprint density at radius 3 is 2.22 bits per heavy atom. The number of hydrogen-bond donors (Lipinski definition) is 2. The van der Waals surface area contributed by atoms with E-state index in [-0.39, 0.29) is 29.3 Å². The highest BCUT2D eigenvalue weighted by Gasteiger charge is 2.49. The number of likely N-dealkylation sites (N-methyl/N-ethyl adjacent to an activating group) is 2. The molecule has 1 aromatic carbocycles. The van der Waals surface area contributed by atoms with Crippen LogP contribution in [0, 0.1) is 11.3 Å². The molecule has 2 saturated heterocycles. The van der Waals surface area contributed by atoms with Gasteiger partial charge in [-0.2, -0.15) is 0 Å². The summed E-state index contributed by atoms with van der Waals surface area (Å²) in [5.74, 6) is 0.289. The smallest absolute Gasteiger partial charge is 0.245 e. The minimum atomic E-state index is -0.685. The number of carbonyl (C=O) groups is 3. The van der Waals surface area contributed by atoms with Gasteiger partial charge in [-0.3, -0.25) is 19.3 Å². The van der Waals surface area contributed by atoms with Gasteiger partial charge in [0.05, 0.1) is 5.41 Å². The van der Waals surface area contributed by atoms with E-state index >= 15 is 0 Å². The highest BCUT2D eigenvalue weighted by molar-refractivity contribution is 6.30. The van der Waals surface area contributed by atoms with Gasteiger partial charge in [-0.1, -0.05) is 43.0 Å². The van der Waals surface area contributed by atoms with Crippen molar-refractivity contribution < 1.29 is 14.4 Å². The predicted octanol–water partition coefficient (Wildman–Crippen LogP) is 3.72. The maximum atomic E-state index is 14.1. The molecule has 1 aromatic rings. The molecule has 8 nitrogen and oxygen atoms in total. The van der Waals surface area contributed by atoms with Crippen LogP contribution >= 0.6 is 11.6 Å². The Bertz CT molecular complexity index is 1060. The summed E-state index contributed by atoms with van der Waals surface area (Å²) < 4.78 is 0. The lowest BCUT2D eigenvalue weighted by Crippen LogP contribution is -2.61. The summed E-state index contributed by atoms with van der Waals surface area (Å²) in [6, 6.07) is 6.47. The molecule has 0 aromatic heterocycles. The van der Waals surface area contributed by atoms with Gasteiger partial charge in [0, 0.05) is 49.7 Å². The van der Waals surface area contributed by atoms with E-state index < -0.39 is 11.5 Å². The van der Waals surface area contributed by atoms with E-state index in [4.69, 9.17) is 11.6 Å². The van der Waals surface area contributed by atoms with Crippen molar-refractivity contribution in [1.82, 2.24) is 25.3 Å². The normalized spacial score (nSPS) is 23.6. The maximum Gasteiger partial charge on any atom is 0.245 e.